The fourth-order valence-electron chi connectivity index (χ4n) is 3.29. The second-order valence-corrected chi connectivity index (χ2v) is 7.82. The second-order valence-electron chi connectivity index (χ2n) is 6.81. The Morgan fingerprint density at radius 3 is 2.39 bits per heavy atom. The van der Waals surface area contributed by atoms with Crippen molar-refractivity contribution >= 4 is 51.3 Å². The largest absolute Gasteiger partial charge is 0.496 e. The van der Waals surface area contributed by atoms with Crippen molar-refractivity contribution in [1.29, 1.82) is 0 Å². The van der Waals surface area contributed by atoms with Gasteiger partial charge in [-0.1, -0.05) is 30.3 Å². The first kappa shape index (κ1) is 20.7. The zero-order valence-corrected chi connectivity index (χ0v) is 18.1. The molecule has 1 aliphatic rings. The fourth-order valence-corrected chi connectivity index (χ4v) is 4.27. The summed E-state index contributed by atoms with van der Waals surface area (Å²) in [6, 6.07) is 18.5. The number of fused-ring (bicyclic) bond motifs is 1. The van der Waals surface area contributed by atoms with E-state index >= 15 is 0 Å². The average molecular weight is 433 g/mol. The van der Waals surface area contributed by atoms with Crippen molar-refractivity contribution in [1.82, 2.24) is 4.90 Å². The average Bonchev–Trinajstić information content (AvgIpc) is 3.07. The minimum atomic E-state index is -0.404. The minimum Gasteiger partial charge on any atom is -0.496 e. The van der Waals surface area contributed by atoms with Gasteiger partial charge in [-0.15, -0.1) is 0 Å². The van der Waals surface area contributed by atoms with Crippen LogP contribution in [0, 0.1) is 0 Å². The SMILES string of the molecule is COC(=O)c1ccc(N=C2S/C(=C/c3ccc(OC)c4ccccc34)C(=O)N2C)cc1. The van der Waals surface area contributed by atoms with Gasteiger partial charge in [-0.2, -0.15) is 0 Å². The number of benzene rings is 3. The molecule has 3 aromatic carbocycles. The Morgan fingerprint density at radius 1 is 1.00 bits per heavy atom. The predicted octanol–water partition coefficient (Wildman–Crippen LogP) is 4.87. The van der Waals surface area contributed by atoms with Crippen LogP contribution in [-0.4, -0.2) is 43.2 Å². The van der Waals surface area contributed by atoms with Gasteiger partial charge >= 0.3 is 5.97 Å². The van der Waals surface area contributed by atoms with E-state index in [9.17, 15) is 9.59 Å². The lowest BCUT2D eigenvalue weighted by atomic mass is 10.0. The molecule has 0 saturated carbocycles. The number of nitrogens with zero attached hydrogens (tertiary/aromatic N) is 2. The highest BCUT2D eigenvalue weighted by Gasteiger charge is 2.30. The van der Waals surface area contributed by atoms with Crippen molar-refractivity contribution in [2.75, 3.05) is 21.3 Å². The first-order valence-electron chi connectivity index (χ1n) is 9.52. The van der Waals surface area contributed by atoms with E-state index in [0.29, 0.717) is 21.3 Å². The van der Waals surface area contributed by atoms with Crippen LogP contribution < -0.4 is 4.74 Å². The number of carbonyl (C=O) groups is 2. The van der Waals surface area contributed by atoms with Crippen molar-refractivity contribution in [3.05, 3.63) is 76.7 Å². The molecule has 0 bridgehead atoms. The number of thioether (sulfide) groups is 1. The van der Waals surface area contributed by atoms with Gasteiger partial charge in [0, 0.05) is 12.4 Å². The Bertz CT molecular complexity index is 1230. The Kier molecular flexibility index (Phi) is 5.77. The number of amidine groups is 1. The number of rotatable bonds is 4. The van der Waals surface area contributed by atoms with Crippen LogP contribution in [-0.2, 0) is 9.53 Å². The molecule has 4 rings (SSSR count). The Morgan fingerprint density at radius 2 is 1.71 bits per heavy atom. The molecular weight excluding hydrogens is 412 g/mol. The van der Waals surface area contributed by atoms with Gasteiger partial charge in [-0.3, -0.25) is 9.69 Å². The molecule has 6 nitrogen and oxygen atoms in total. The number of hydrogen-bond donors (Lipinski definition) is 0. The van der Waals surface area contributed by atoms with Crippen LogP contribution in [0.1, 0.15) is 15.9 Å². The standard InChI is InChI=1S/C24H20N2O4S/c1-26-22(27)21(14-16-10-13-20(29-2)19-7-5-4-6-18(16)19)31-24(26)25-17-11-8-15(9-12-17)23(28)30-3/h4-14H,1-3H3/b21-14+,25-24?. The number of amides is 1. The molecular formula is C24H20N2O4S. The summed E-state index contributed by atoms with van der Waals surface area (Å²) in [5.74, 6) is 0.270. The molecule has 0 N–H and O–H groups in total. The number of hydrogen-bond acceptors (Lipinski definition) is 6. The Labute approximate surface area is 184 Å². The third-order valence-corrected chi connectivity index (χ3v) is 6.00. The van der Waals surface area contributed by atoms with Crippen molar-refractivity contribution in [2.45, 2.75) is 0 Å². The van der Waals surface area contributed by atoms with Crippen LogP contribution in [0.4, 0.5) is 5.69 Å². The van der Waals surface area contributed by atoms with E-state index in [2.05, 4.69) is 4.99 Å². The highest BCUT2D eigenvalue weighted by atomic mass is 32.2. The molecule has 0 aromatic heterocycles. The number of aliphatic imine (C=N–C) groups is 1. The number of carbonyl (C=O) groups excluding carboxylic acids is 2. The third-order valence-electron chi connectivity index (χ3n) is 4.94. The summed E-state index contributed by atoms with van der Waals surface area (Å²) in [5, 5.41) is 2.57. The van der Waals surface area contributed by atoms with E-state index in [0.717, 1.165) is 22.1 Å². The van der Waals surface area contributed by atoms with Crippen LogP contribution >= 0.6 is 11.8 Å². The first-order valence-corrected chi connectivity index (χ1v) is 10.3. The van der Waals surface area contributed by atoms with Gasteiger partial charge in [0.2, 0.25) is 0 Å². The van der Waals surface area contributed by atoms with E-state index < -0.39 is 5.97 Å². The zero-order chi connectivity index (χ0) is 22.0. The quantitative estimate of drug-likeness (QED) is 0.435. The Balaban J connectivity index is 1.66. The highest BCUT2D eigenvalue weighted by molar-refractivity contribution is 8.18. The van der Waals surface area contributed by atoms with Crippen LogP contribution in [0.15, 0.2) is 70.6 Å². The minimum absolute atomic E-state index is 0.116. The van der Waals surface area contributed by atoms with Gasteiger partial charge in [0.1, 0.15) is 5.75 Å². The van der Waals surface area contributed by atoms with Crippen LogP contribution in [0.5, 0.6) is 5.75 Å². The second kappa shape index (κ2) is 8.65. The molecule has 1 aliphatic heterocycles. The molecule has 1 fully saturated rings. The molecule has 31 heavy (non-hydrogen) atoms. The number of methoxy groups -OCH3 is 2. The molecule has 0 radical (unpaired) electrons. The molecule has 7 heteroatoms. The van der Waals surface area contributed by atoms with E-state index in [1.165, 1.54) is 23.8 Å². The summed E-state index contributed by atoms with van der Waals surface area (Å²) in [6.45, 7) is 0. The summed E-state index contributed by atoms with van der Waals surface area (Å²) < 4.78 is 10.2. The molecule has 156 valence electrons. The van der Waals surface area contributed by atoms with Crippen molar-refractivity contribution in [3.63, 3.8) is 0 Å². The molecule has 1 amide bonds. The van der Waals surface area contributed by atoms with E-state index in [-0.39, 0.29) is 5.91 Å². The van der Waals surface area contributed by atoms with Gasteiger partial charge < -0.3 is 9.47 Å². The lowest BCUT2D eigenvalue weighted by Gasteiger charge is -2.08. The topological polar surface area (TPSA) is 68.2 Å². The molecule has 0 unspecified atom stereocenters. The summed E-state index contributed by atoms with van der Waals surface area (Å²) in [5.41, 5.74) is 2.03. The maximum absolute atomic E-state index is 12.8. The zero-order valence-electron chi connectivity index (χ0n) is 17.3. The van der Waals surface area contributed by atoms with Crippen molar-refractivity contribution in [2.24, 2.45) is 4.99 Å². The van der Waals surface area contributed by atoms with Crippen molar-refractivity contribution in [3.8, 4) is 5.75 Å². The molecule has 3 aromatic rings. The monoisotopic (exact) mass is 432 g/mol. The van der Waals surface area contributed by atoms with Crippen LogP contribution in [0.2, 0.25) is 0 Å². The predicted molar refractivity (Wildman–Crippen MR) is 124 cm³/mol. The summed E-state index contributed by atoms with van der Waals surface area (Å²) in [7, 11) is 4.68. The van der Waals surface area contributed by atoms with Gasteiger partial charge in [0.25, 0.3) is 5.91 Å². The highest BCUT2D eigenvalue weighted by Crippen LogP contribution is 2.36. The first-order chi connectivity index (χ1) is 15.0. The maximum Gasteiger partial charge on any atom is 0.337 e. The van der Waals surface area contributed by atoms with E-state index in [1.807, 2.05) is 42.5 Å². The van der Waals surface area contributed by atoms with Crippen LogP contribution in [0.25, 0.3) is 16.8 Å². The molecule has 1 heterocycles. The van der Waals surface area contributed by atoms with Gasteiger partial charge in [-0.25, -0.2) is 9.79 Å². The van der Waals surface area contributed by atoms with Gasteiger partial charge in [0.15, 0.2) is 5.17 Å². The van der Waals surface area contributed by atoms with Crippen LogP contribution in [0.3, 0.4) is 0 Å². The summed E-state index contributed by atoms with van der Waals surface area (Å²) >= 11 is 1.31. The normalized spacial score (nSPS) is 16.4. The molecule has 0 spiro atoms. The fraction of sp³-hybridized carbons (Fsp3) is 0.125. The molecule has 0 atom stereocenters. The number of esters is 1. The van der Waals surface area contributed by atoms with Gasteiger partial charge in [0.05, 0.1) is 30.4 Å². The molecule has 0 aliphatic carbocycles. The van der Waals surface area contributed by atoms with Gasteiger partial charge in [-0.05, 0) is 59.1 Å². The van der Waals surface area contributed by atoms with E-state index in [4.69, 9.17) is 9.47 Å². The lowest BCUT2D eigenvalue weighted by Crippen LogP contribution is -2.23. The maximum atomic E-state index is 12.8. The summed E-state index contributed by atoms with van der Waals surface area (Å²) in [6.07, 6.45) is 1.88. The number of likely N-dealkylation sites (N-methyl/N-ethyl adjacent to an activating group) is 1. The van der Waals surface area contributed by atoms with E-state index in [1.54, 1.807) is 38.4 Å². The third kappa shape index (κ3) is 4.04. The Hall–Kier alpha value is -3.58. The molecule has 1 saturated heterocycles. The summed E-state index contributed by atoms with van der Waals surface area (Å²) in [4.78, 5) is 31.1. The number of ether oxygens (including phenoxy) is 2. The lowest BCUT2D eigenvalue weighted by molar-refractivity contribution is -0.121. The van der Waals surface area contributed by atoms with Crippen molar-refractivity contribution < 1.29 is 19.1 Å². The smallest absolute Gasteiger partial charge is 0.337 e.